The third-order valence-corrected chi connectivity index (χ3v) is 3.62. The van der Waals surface area contributed by atoms with E-state index in [-0.39, 0.29) is 0 Å². The molecule has 0 aliphatic heterocycles. The Kier molecular flexibility index (Phi) is 8.35. The molecule has 0 radical (unpaired) electrons. The Hall–Kier alpha value is -0.380. The molecule has 19 heavy (non-hydrogen) atoms. The molecular formula is C15H24ClNOS. The van der Waals surface area contributed by atoms with Crippen LogP contribution in [0.1, 0.15) is 25.8 Å². The van der Waals surface area contributed by atoms with Crippen molar-refractivity contribution >= 4 is 23.4 Å². The van der Waals surface area contributed by atoms with Gasteiger partial charge in [-0.3, -0.25) is 0 Å². The molecule has 0 aromatic heterocycles. The summed E-state index contributed by atoms with van der Waals surface area (Å²) in [7, 11) is 0. The largest absolute Gasteiger partial charge is 0.492 e. The highest BCUT2D eigenvalue weighted by molar-refractivity contribution is 7.98. The molecule has 1 aromatic carbocycles. The number of nitrogens with one attached hydrogen (secondary N) is 1. The predicted molar refractivity (Wildman–Crippen MR) is 86.5 cm³/mol. The van der Waals surface area contributed by atoms with Crippen molar-refractivity contribution < 1.29 is 4.74 Å². The summed E-state index contributed by atoms with van der Waals surface area (Å²) in [5.41, 5.74) is 1.20. The molecule has 0 bridgehead atoms. The van der Waals surface area contributed by atoms with Crippen LogP contribution in [0.3, 0.4) is 0 Å². The van der Waals surface area contributed by atoms with Crippen LogP contribution >= 0.6 is 23.4 Å². The third kappa shape index (κ3) is 7.09. The highest BCUT2D eigenvalue weighted by Gasteiger charge is 2.03. The van der Waals surface area contributed by atoms with Crippen LogP contribution < -0.4 is 10.1 Å². The van der Waals surface area contributed by atoms with Crippen LogP contribution in [-0.2, 0) is 6.54 Å². The lowest BCUT2D eigenvalue weighted by Gasteiger charge is -2.11. The minimum Gasteiger partial charge on any atom is -0.492 e. The Labute approximate surface area is 126 Å². The van der Waals surface area contributed by atoms with Crippen molar-refractivity contribution in [1.29, 1.82) is 0 Å². The number of rotatable bonds is 9. The average molecular weight is 302 g/mol. The topological polar surface area (TPSA) is 21.3 Å². The van der Waals surface area contributed by atoms with Gasteiger partial charge in [0.1, 0.15) is 5.75 Å². The molecular weight excluding hydrogens is 278 g/mol. The first-order valence-electron chi connectivity index (χ1n) is 6.74. The van der Waals surface area contributed by atoms with E-state index in [2.05, 4.69) is 31.5 Å². The second kappa shape index (κ2) is 9.51. The second-order valence-corrected chi connectivity index (χ2v) is 6.38. The van der Waals surface area contributed by atoms with Crippen molar-refractivity contribution in [2.24, 2.45) is 5.92 Å². The van der Waals surface area contributed by atoms with Crippen LogP contribution in [0, 0.1) is 5.92 Å². The molecule has 0 atom stereocenters. The van der Waals surface area contributed by atoms with Gasteiger partial charge in [-0.25, -0.2) is 0 Å². The monoisotopic (exact) mass is 301 g/mol. The maximum atomic E-state index is 6.23. The molecule has 0 amide bonds. The second-order valence-electron chi connectivity index (χ2n) is 4.98. The highest BCUT2D eigenvalue weighted by atomic mass is 35.5. The molecule has 0 spiro atoms. The van der Waals surface area contributed by atoms with Crippen LogP contribution in [0.2, 0.25) is 5.02 Å². The van der Waals surface area contributed by atoms with Gasteiger partial charge in [0, 0.05) is 6.54 Å². The Bertz CT molecular complexity index is 371. The van der Waals surface area contributed by atoms with E-state index in [1.807, 2.05) is 23.9 Å². The first-order chi connectivity index (χ1) is 9.13. The SMILES string of the molecule is CSCCCOc1ccc(CNCC(C)C)cc1Cl. The average Bonchev–Trinajstić information content (AvgIpc) is 2.36. The summed E-state index contributed by atoms with van der Waals surface area (Å²) in [6.07, 6.45) is 3.15. The fraction of sp³-hybridized carbons (Fsp3) is 0.600. The quantitative estimate of drug-likeness (QED) is 0.690. The zero-order valence-corrected chi connectivity index (χ0v) is 13.6. The van der Waals surface area contributed by atoms with Crippen molar-refractivity contribution in [3.8, 4) is 5.75 Å². The molecule has 0 unspecified atom stereocenters. The van der Waals surface area contributed by atoms with Crippen LogP contribution in [-0.4, -0.2) is 25.2 Å². The van der Waals surface area contributed by atoms with Gasteiger partial charge in [-0.05, 0) is 48.6 Å². The van der Waals surface area contributed by atoms with Crippen LogP contribution in [0.4, 0.5) is 0 Å². The molecule has 4 heteroatoms. The summed E-state index contributed by atoms with van der Waals surface area (Å²) < 4.78 is 5.67. The van der Waals surface area contributed by atoms with Crippen molar-refractivity contribution in [2.45, 2.75) is 26.8 Å². The first-order valence-corrected chi connectivity index (χ1v) is 8.51. The lowest BCUT2D eigenvalue weighted by atomic mass is 10.2. The van der Waals surface area contributed by atoms with Gasteiger partial charge in [-0.2, -0.15) is 11.8 Å². The molecule has 0 saturated carbocycles. The van der Waals surface area contributed by atoms with Crippen molar-refractivity contribution in [2.75, 3.05) is 25.2 Å². The molecule has 1 aromatic rings. The maximum Gasteiger partial charge on any atom is 0.137 e. The Morgan fingerprint density at radius 3 is 2.79 bits per heavy atom. The number of ether oxygens (including phenoxy) is 1. The molecule has 2 nitrogen and oxygen atoms in total. The van der Waals surface area contributed by atoms with Crippen LogP contribution in [0.25, 0.3) is 0 Å². The molecule has 1 N–H and O–H groups in total. The van der Waals surface area contributed by atoms with Crippen molar-refractivity contribution in [3.63, 3.8) is 0 Å². The minimum absolute atomic E-state index is 0.662. The predicted octanol–water partition coefficient (Wildman–Crippen LogP) is 4.22. The normalized spacial score (nSPS) is 11.0. The van der Waals surface area contributed by atoms with Crippen molar-refractivity contribution in [3.05, 3.63) is 28.8 Å². The molecule has 108 valence electrons. The number of halogens is 1. The lowest BCUT2D eigenvalue weighted by Crippen LogP contribution is -2.18. The van der Waals surface area contributed by atoms with E-state index >= 15 is 0 Å². The van der Waals surface area contributed by atoms with E-state index in [0.29, 0.717) is 10.9 Å². The number of hydrogen-bond acceptors (Lipinski definition) is 3. The van der Waals surface area contributed by atoms with Gasteiger partial charge < -0.3 is 10.1 Å². The van der Waals surface area contributed by atoms with E-state index in [1.54, 1.807) is 0 Å². The van der Waals surface area contributed by atoms with E-state index in [1.165, 1.54) is 5.56 Å². The maximum absolute atomic E-state index is 6.23. The summed E-state index contributed by atoms with van der Waals surface area (Å²) >= 11 is 8.06. The Morgan fingerprint density at radius 1 is 1.37 bits per heavy atom. The summed E-state index contributed by atoms with van der Waals surface area (Å²) in [4.78, 5) is 0. The van der Waals surface area contributed by atoms with Crippen LogP contribution in [0.15, 0.2) is 18.2 Å². The fourth-order valence-electron chi connectivity index (χ4n) is 1.66. The summed E-state index contributed by atoms with van der Waals surface area (Å²) in [5.74, 6) is 2.57. The van der Waals surface area contributed by atoms with Crippen molar-refractivity contribution in [1.82, 2.24) is 5.32 Å². The highest BCUT2D eigenvalue weighted by Crippen LogP contribution is 2.25. The standard InChI is InChI=1S/C15H24ClNOS/c1-12(2)10-17-11-13-5-6-15(14(16)9-13)18-7-4-8-19-3/h5-6,9,12,17H,4,7-8,10-11H2,1-3H3. The zero-order valence-electron chi connectivity index (χ0n) is 12.0. The first kappa shape index (κ1) is 16.7. The van der Waals surface area contributed by atoms with Gasteiger partial charge in [0.2, 0.25) is 0 Å². The molecule has 0 fully saturated rings. The molecule has 0 saturated heterocycles. The molecule has 1 rings (SSSR count). The van der Waals surface area contributed by atoms with E-state index < -0.39 is 0 Å². The van der Waals surface area contributed by atoms with Crippen LogP contribution in [0.5, 0.6) is 5.75 Å². The Morgan fingerprint density at radius 2 is 2.16 bits per heavy atom. The smallest absolute Gasteiger partial charge is 0.137 e. The molecule has 0 aliphatic rings. The zero-order chi connectivity index (χ0) is 14.1. The number of thioether (sulfide) groups is 1. The minimum atomic E-state index is 0.662. The van der Waals surface area contributed by atoms with Gasteiger partial charge in [-0.15, -0.1) is 0 Å². The van der Waals surface area contributed by atoms with E-state index in [9.17, 15) is 0 Å². The summed E-state index contributed by atoms with van der Waals surface area (Å²) in [5, 5.41) is 4.11. The summed E-state index contributed by atoms with van der Waals surface area (Å²) in [6, 6.07) is 6.02. The van der Waals surface area contributed by atoms with E-state index in [0.717, 1.165) is 37.6 Å². The molecule has 0 heterocycles. The number of hydrogen-bond donors (Lipinski definition) is 1. The van der Waals surface area contributed by atoms with E-state index in [4.69, 9.17) is 16.3 Å². The van der Waals surface area contributed by atoms with Gasteiger partial charge in [-0.1, -0.05) is 31.5 Å². The van der Waals surface area contributed by atoms with Gasteiger partial charge in [0.05, 0.1) is 11.6 Å². The number of benzene rings is 1. The fourth-order valence-corrected chi connectivity index (χ4v) is 2.33. The van der Waals surface area contributed by atoms with Gasteiger partial charge in [0.25, 0.3) is 0 Å². The molecule has 0 aliphatic carbocycles. The third-order valence-electron chi connectivity index (χ3n) is 2.63. The Balaban J connectivity index is 2.40. The van der Waals surface area contributed by atoms with Gasteiger partial charge in [0.15, 0.2) is 0 Å². The lowest BCUT2D eigenvalue weighted by molar-refractivity contribution is 0.319. The summed E-state index contributed by atoms with van der Waals surface area (Å²) in [6.45, 7) is 7.00. The van der Waals surface area contributed by atoms with Gasteiger partial charge >= 0.3 is 0 Å².